The molecule has 0 radical (unpaired) electrons. The number of hydrogen-bond donors (Lipinski definition) is 0. The minimum atomic E-state index is -0.336. The lowest BCUT2D eigenvalue weighted by molar-refractivity contribution is -0.136. The molecule has 2 aromatic heterocycles. The van der Waals surface area contributed by atoms with Gasteiger partial charge in [0.2, 0.25) is 11.8 Å². The van der Waals surface area contributed by atoms with Gasteiger partial charge >= 0.3 is 0 Å². The number of ether oxygens (including phenoxy) is 2. The Bertz CT molecular complexity index is 981. The maximum absolute atomic E-state index is 13.5. The van der Waals surface area contributed by atoms with Gasteiger partial charge in [-0.1, -0.05) is 5.16 Å². The topological polar surface area (TPSA) is 81.2 Å². The van der Waals surface area contributed by atoms with Crippen molar-refractivity contribution in [1.82, 2.24) is 10.1 Å². The number of carbonyl (C=O) groups is 1. The quantitative estimate of drug-likeness (QED) is 0.544. The van der Waals surface area contributed by atoms with Crippen LogP contribution in [0.2, 0.25) is 0 Å². The van der Waals surface area contributed by atoms with Crippen LogP contribution in [0, 0.1) is 5.82 Å². The van der Waals surface area contributed by atoms with Gasteiger partial charge < -0.3 is 28.2 Å². The highest BCUT2D eigenvalue weighted by atomic mass is 19.1. The van der Waals surface area contributed by atoms with E-state index >= 15 is 0 Å². The largest absolute Gasteiger partial charge is 0.467 e. The van der Waals surface area contributed by atoms with E-state index in [1.54, 1.807) is 29.4 Å². The summed E-state index contributed by atoms with van der Waals surface area (Å²) >= 11 is 0. The van der Waals surface area contributed by atoms with Crippen LogP contribution in [0.1, 0.15) is 11.3 Å². The van der Waals surface area contributed by atoms with Crippen LogP contribution in [-0.4, -0.2) is 56.0 Å². The smallest absolute Gasteiger partial charge is 0.249 e. The van der Waals surface area contributed by atoms with E-state index in [2.05, 4.69) is 5.16 Å². The average Bonchev–Trinajstić information content (AvgIpc) is 3.45. The van der Waals surface area contributed by atoms with E-state index in [-0.39, 0.29) is 31.4 Å². The third-order valence-electron chi connectivity index (χ3n) is 5.08. The molecule has 0 N–H and O–H groups in total. The van der Waals surface area contributed by atoms with Crippen molar-refractivity contribution in [3.63, 3.8) is 0 Å². The van der Waals surface area contributed by atoms with Gasteiger partial charge in [-0.25, -0.2) is 4.39 Å². The summed E-state index contributed by atoms with van der Waals surface area (Å²) < 4.78 is 35.2. The third kappa shape index (κ3) is 4.95. The fraction of sp³-hybridized carbons (Fsp3) is 0.364. The zero-order valence-corrected chi connectivity index (χ0v) is 17.3. The van der Waals surface area contributed by atoms with Crippen LogP contribution < -0.4 is 4.90 Å². The van der Waals surface area contributed by atoms with Gasteiger partial charge in [0.05, 0.1) is 38.1 Å². The predicted molar refractivity (Wildman–Crippen MR) is 110 cm³/mol. The Morgan fingerprint density at radius 3 is 2.65 bits per heavy atom. The maximum Gasteiger partial charge on any atom is 0.249 e. The van der Waals surface area contributed by atoms with Crippen molar-refractivity contribution in [1.29, 1.82) is 0 Å². The zero-order valence-electron chi connectivity index (χ0n) is 17.3. The third-order valence-corrected chi connectivity index (χ3v) is 5.08. The molecule has 31 heavy (non-hydrogen) atoms. The molecule has 1 aliphatic rings. The van der Waals surface area contributed by atoms with Crippen molar-refractivity contribution in [3.05, 3.63) is 59.8 Å². The first kappa shape index (κ1) is 21.1. The molecule has 1 fully saturated rings. The molecule has 0 bridgehead atoms. The van der Waals surface area contributed by atoms with Crippen molar-refractivity contribution in [2.45, 2.75) is 13.1 Å². The Balaban J connectivity index is 1.70. The predicted octanol–water partition coefficient (Wildman–Crippen LogP) is 3.09. The number of hydrogen-bond acceptors (Lipinski definition) is 7. The van der Waals surface area contributed by atoms with Crippen LogP contribution in [0.15, 0.2) is 51.6 Å². The number of furan rings is 1. The molecule has 0 spiro atoms. The number of anilines is 1. The number of nitrogens with zero attached hydrogens (tertiary/aromatic N) is 3. The molecule has 4 rings (SSSR count). The number of methoxy groups -OCH3 is 1. The molecule has 3 heterocycles. The summed E-state index contributed by atoms with van der Waals surface area (Å²) in [4.78, 5) is 16.5. The van der Waals surface area contributed by atoms with Crippen molar-refractivity contribution in [3.8, 4) is 11.3 Å². The van der Waals surface area contributed by atoms with Gasteiger partial charge in [-0.15, -0.1) is 0 Å². The molecule has 1 saturated heterocycles. The molecule has 9 heteroatoms. The van der Waals surface area contributed by atoms with E-state index in [4.69, 9.17) is 18.4 Å². The molecule has 8 nitrogen and oxygen atoms in total. The van der Waals surface area contributed by atoms with Gasteiger partial charge in [0, 0.05) is 25.8 Å². The van der Waals surface area contributed by atoms with E-state index in [9.17, 15) is 9.18 Å². The van der Waals surface area contributed by atoms with E-state index in [0.717, 1.165) is 5.56 Å². The standard InChI is InChI=1S/C22H24FN3O5/c1-28-15-20(27)26(13-18-3-2-10-30-18)14-19-21(16-4-6-17(23)7-5-16)24-31-22(19)25-8-11-29-12-9-25/h2-7,10H,8-9,11-15H2,1H3. The number of aromatic nitrogens is 1. The molecular formula is C22H24FN3O5. The highest BCUT2D eigenvalue weighted by molar-refractivity contribution is 5.78. The van der Waals surface area contributed by atoms with Crippen molar-refractivity contribution in [2.24, 2.45) is 0 Å². The SMILES string of the molecule is COCC(=O)N(Cc1ccco1)Cc1c(-c2ccc(F)cc2)noc1N1CCOCC1. The Kier molecular flexibility index (Phi) is 6.63. The lowest BCUT2D eigenvalue weighted by Gasteiger charge is -2.28. The van der Waals surface area contributed by atoms with Crippen LogP contribution >= 0.6 is 0 Å². The normalized spacial score (nSPS) is 14.1. The summed E-state index contributed by atoms with van der Waals surface area (Å²) in [7, 11) is 1.48. The van der Waals surface area contributed by atoms with Crippen LogP contribution in [0.5, 0.6) is 0 Å². The van der Waals surface area contributed by atoms with Crippen LogP contribution in [0.3, 0.4) is 0 Å². The first-order chi connectivity index (χ1) is 15.2. The number of morpholine rings is 1. The van der Waals surface area contributed by atoms with E-state index in [1.165, 1.54) is 19.2 Å². The first-order valence-corrected chi connectivity index (χ1v) is 10.0. The van der Waals surface area contributed by atoms with Crippen LogP contribution in [0.4, 0.5) is 10.3 Å². The zero-order chi connectivity index (χ0) is 21.6. The van der Waals surface area contributed by atoms with Crippen molar-refractivity contribution in [2.75, 3.05) is 44.9 Å². The van der Waals surface area contributed by atoms with Gasteiger partial charge in [-0.05, 0) is 36.4 Å². The second-order valence-electron chi connectivity index (χ2n) is 7.18. The molecule has 0 atom stereocenters. The average molecular weight is 429 g/mol. The maximum atomic E-state index is 13.5. The van der Waals surface area contributed by atoms with E-state index in [0.29, 0.717) is 49.2 Å². The summed E-state index contributed by atoms with van der Waals surface area (Å²) in [6, 6.07) is 9.63. The number of rotatable bonds is 8. The molecular weight excluding hydrogens is 405 g/mol. The molecule has 164 valence electrons. The van der Waals surface area contributed by atoms with Gasteiger partial charge in [0.1, 0.15) is 23.9 Å². The summed E-state index contributed by atoms with van der Waals surface area (Å²) in [6.07, 6.45) is 1.57. The molecule has 1 aromatic carbocycles. The molecule has 0 saturated carbocycles. The van der Waals surface area contributed by atoms with Crippen molar-refractivity contribution >= 4 is 11.8 Å². The molecule has 3 aromatic rings. The molecule has 0 aliphatic carbocycles. The number of carbonyl (C=O) groups excluding carboxylic acids is 1. The number of benzene rings is 1. The summed E-state index contributed by atoms with van der Waals surface area (Å²) in [5.41, 5.74) is 2.01. The van der Waals surface area contributed by atoms with Crippen LogP contribution in [-0.2, 0) is 27.4 Å². The number of amides is 1. The fourth-order valence-corrected chi connectivity index (χ4v) is 3.52. The van der Waals surface area contributed by atoms with E-state index < -0.39 is 0 Å². The lowest BCUT2D eigenvalue weighted by Crippen LogP contribution is -2.37. The van der Waals surface area contributed by atoms with Crippen LogP contribution in [0.25, 0.3) is 11.3 Å². The molecule has 0 unspecified atom stereocenters. The summed E-state index contributed by atoms with van der Waals surface area (Å²) in [6.45, 7) is 2.88. The second kappa shape index (κ2) is 9.76. The summed E-state index contributed by atoms with van der Waals surface area (Å²) in [5.74, 6) is 0.699. The monoisotopic (exact) mass is 429 g/mol. The van der Waals surface area contributed by atoms with Gasteiger partial charge in [0.25, 0.3) is 0 Å². The van der Waals surface area contributed by atoms with Crippen molar-refractivity contribution < 1.29 is 27.6 Å². The minimum absolute atomic E-state index is 0.0647. The second-order valence-corrected chi connectivity index (χ2v) is 7.18. The van der Waals surface area contributed by atoms with Gasteiger partial charge in [0.15, 0.2) is 0 Å². The first-order valence-electron chi connectivity index (χ1n) is 10.0. The lowest BCUT2D eigenvalue weighted by atomic mass is 10.1. The Morgan fingerprint density at radius 2 is 1.97 bits per heavy atom. The minimum Gasteiger partial charge on any atom is -0.467 e. The molecule has 1 amide bonds. The Hall–Kier alpha value is -3.17. The summed E-state index contributed by atoms with van der Waals surface area (Å²) in [5, 5.41) is 4.27. The Labute approximate surface area is 179 Å². The highest BCUT2D eigenvalue weighted by Crippen LogP contribution is 2.33. The highest BCUT2D eigenvalue weighted by Gasteiger charge is 2.27. The number of halogens is 1. The fourth-order valence-electron chi connectivity index (χ4n) is 3.52. The van der Waals surface area contributed by atoms with Gasteiger partial charge in [-0.2, -0.15) is 0 Å². The van der Waals surface area contributed by atoms with E-state index in [1.807, 2.05) is 11.0 Å². The van der Waals surface area contributed by atoms with Gasteiger partial charge in [-0.3, -0.25) is 4.79 Å². The Morgan fingerprint density at radius 1 is 1.19 bits per heavy atom. The molecule has 1 aliphatic heterocycles.